The number of amides is 1. The molecule has 94 valence electrons. The maximum absolute atomic E-state index is 12.0. The van der Waals surface area contributed by atoms with E-state index in [4.69, 9.17) is 0 Å². The second-order valence-corrected chi connectivity index (χ2v) is 4.26. The number of nitrogens with one attached hydrogen (secondary N) is 1. The van der Waals surface area contributed by atoms with E-state index in [0.29, 0.717) is 5.69 Å². The van der Waals surface area contributed by atoms with Gasteiger partial charge in [0.15, 0.2) is 5.69 Å². The number of carbonyl (C=O) groups excluding carboxylic acids is 1. The van der Waals surface area contributed by atoms with E-state index in [9.17, 15) is 4.79 Å². The zero-order chi connectivity index (χ0) is 13.1. The Morgan fingerprint density at radius 3 is 2.78 bits per heavy atom. The maximum atomic E-state index is 12.0. The fourth-order valence-corrected chi connectivity index (χ4v) is 1.73. The lowest BCUT2D eigenvalue weighted by molar-refractivity contribution is 0.102. The van der Waals surface area contributed by atoms with Gasteiger partial charge in [0.1, 0.15) is 0 Å². The maximum Gasteiger partial charge on any atom is 0.276 e. The van der Waals surface area contributed by atoms with Gasteiger partial charge in [-0.2, -0.15) is 5.10 Å². The molecule has 0 spiro atoms. The fraction of sp³-hybridized carbons (Fsp3) is 0.286. The van der Waals surface area contributed by atoms with E-state index in [0.717, 1.165) is 23.4 Å². The molecule has 1 amide bonds. The molecule has 1 heterocycles. The first-order valence-electron chi connectivity index (χ1n) is 6.03. The van der Waals surface area contributed by atoms with Gasteiger partial charge in [-0.05, 0) is 44.0 Å². The SMILES string of the molecule is CCn1ccc(C(=O)Nc2cccc(C)c2C)n1. The number of benzene rings is 1. The van der Waals surface area contributed by atoms with Crippen LogP contribution >= 0.6 is 0 Å². The summed E-state index contributed by atoms with van der Waals surface area (Å²) in [6, 6.07) is 7.58. The van der Waals surface area contributed by atoms with Crippen molar-refractivity contribution in [3.05, 3.63) is 47.3 Å². The van der Waals surface area contributed by atoms with Crippen LogP contribution in [0.3, 0.4) is 0 Å². The van der Waals surface area contributed by atoms with Gasteiger partial charge in [0.25, 0.3) is 5.91 Å². The van der Waals surface area contributed by atoms with Crippen molar-refractivity contribution in [3.8, 4) is 0 Å². The van der Waals surface area contributed by atoms with Crippen LogP contribution < -0.4 is 5.32 Å². The molecule has 0 aliphatic rings. The van der Waals surface area contributed by atoms with Crippen molar-refractivity contribution in [2.24, 2.45) is 0 Å². The predicted molar refractivity (Wildman–Crippen MR) is 71.8 cm³/mol. The van der Waals surface area contributed by atoms with Gasteiger partial charge in [-0.15, -0.1) is 0 Å². The van der Waals surface area contributed by atoms with Crippen LogP contribution in [0.5, 0.6) is 0 Å². The van der Waals surface area contributed by atoms with Gasteiger partial charge >= 0.3 is 0 Å². The molecule has 0 saturated carbocycles. The van der Waals surface area contributed by atoms with Crippen molar-refractivity contribution < 1.29 is 4.79 Å². The van der Waals surface area contributed by atoms with Gasteiger partial charge in [0.2, 0.25) is 0 Å². The van der Waals surface area contributed by atoms with Crippen molar-refractivity contribution in [3.63, 3.8) is 0 Å². The Balaban J connectivity index is 2.18. The van der Waals surface area contributed by atoms with Gasteiger partial charge in [-0.1, -0.05) is 12.1 Å². The van der Waals surface area contributed by atoms with E-state index in [-0.39, 0.29) is 5.91 Å². The van der Waals surface area contributed by atoms with Crippen LogP contribution in [0.1, 0.15) is 28.5 Å². The Kier molecular flexibility index (Phi) is 3.46. The lowest BCUT2D eigenvalue weighted by Crippen LogP contribution is -2.14. The van der Waals surface area contributed by atoms with E-state index in [1.54, 1.807) is 16.9 Å². The highest BCUT2D eigenvalue weighted by Gasteiger charge is 2.11. The molecule has 1 N–H and O–H groups in total. The average molecular weight is 243 g/mol. The summed E-state index contributed by atoms with van der Waals surface area (Å²) in [5.74, 6) is -0.170. The summed E-state index contributed by atoms with van der Waals surface area (Å²) in [4.78, 5) is 12.0. The highest BCUT2D eigenvalue weighted by molar-refractivity contribution is 6.03. The first-order chi connectivity index (χ1) is 8.61. The third-order valence-corrected chi connectivity index (χ3v) is 3.05. The first kappa shape index (κ1) is 12.4. The molecule has 0 unspecified atom stereocenters. The van der Waals surface area contributed by atoms with Gasteiger partial charge in [-0.3, -0.25) is 9.48 Å². The number of nitrogens with zero attached hydrogens (tertiary/aromatic N) is 2. The van der Waals surface area contributed by atoms with Crippen LogP contribution in [-0.2, 0) is 6.54 Å². The number of aromatic nitrogens is 2. The van der Waals surface area contributed by atoms with Crippen LogP contribution in [-0.4, -0.2) is 15.7 Å². The largest absolute Gasteiger partial charge is 0.320 e. The molecule has 1 aromatic carbocycles. The highest BCUT2D eigenvalue weighted by Crippen LogP contribution is 2.18. The molecule has 4 heteroatoms. The lowest BCUT2D eigenvalue weighted by Gasteiger charge is -2.09. The molecule has 0 saturated heterocycles. The van der Waals surface area contributed by atoms with Crippen molar-refractivity contribution in [1.29, 1.82) is 0 Å². The Hall–Kier alpha value is -2.10. The van der Waals surface area contributed by atoms with E-state index < -0.39 is 0 Å². The van der Waals surface area contributed by atoms with Crippen LogP contribution in [0.15, 0.2) is 30.5 Å². The molecular formula is C14H17N3O. The van der Waals surface area contributed by atoms with Gasteiger partial charge in [0, 0.05) is 18.4 Å². The quantitative estimate of drug-likeness (QED) is 0.901. The van der Waals surface area contributed by atoms with Crippen LogP contribution in [0.2, 0.25) is 0 Å². The van der Waals surface area contributed by atoms with Gasteiger partial charge < -0.3 is 5.32 Å². The van der Waals surface area contributed by atoms with E-state index in [1.807, 2.05) is 39.0 Å². The summed E-state index contributed by atoms with van der Waals surface area (Å²) in [6.07, 6.45) is 1.80. The topological polar surface area (TPSA) is 46.9 Å². The molecular weight excluding hydrogens is 226 g/mol. The van der Waals surface area contributed by atoms with Crippen molar-refractivity contribution in [2.75, 3.05) is 5.32 Å². The zero-order valence-corrected chi connectivity index (χ0v) is 10.9. The molecule has 2 aromatic rings. The summed E-state index contributed by atoms with van der Waals surface area (Å²) in [5, 5.41) is 7.07. The molecule has 2 rings (SSSR count). The summed E-state index contributed by atoms with van der Waals surface area (Å²) in [5.41, 5.74) is 3.52. The Labute approximate surface area is 107 Å². The summed E-state index contributed by atoms with van der Waals surface area (Å²) >= 11 is 0. The predicted octanol–water partition coefficient (Wildman–Crippen LogP) is 2.77. The molecule has 0 aliphatic carbocycles. The molecule has 18 heavy (non-hydrogen) atoms. The van der Waals surface area contributed by atoms with Gasteiger partial charge in [0.05, 0.1) is 0 Å². The monoisotopic (exact) mass is 243 g/mol. The van der Waals surface area contributed by atoms with E-state index in [1.165, 1.54) is 0 Å². The summed E-state index contributed by atoms with van der Waals surface area (Å²) in [6.45, 7) is 6.77. The van der Waals surface area contributed by atoms with E-state index in [2.05, 4.69) is 10.4 Å². The molecule has 0 bridgehead atoms. The molecule has 0 atom stereocenters. The number of hydrogen-bond donors (Lipinski definition) is 1. The summed E-state index contributed by atoms with van der Waals surface area (Å²) < 4.78 is 1.73. The van der Waals surface area contributed by atoms with Crippen molar-refractivity contribution in [2.45, 2.75) is 27.3 Å². The second kappa shape index (κ2) is 5.04. The van der Waals surface area contributed by atoms with Crippen molar-refractivity contribution >= 4 is 11.6 Å². The number of hydrogen-bond acceptors (Lipinski definition) is 2. The standard InChI is InChI=1S/C14H17N3O/c1-4-17-9-8-13(16-17)14(18)15-12-7-5-6-10(2)11(12)3/h5-9H,4H2,1-3H3,(H,15,18). The summed E-state index contributed by atoms with van der Waals surface area (Å²) in [7, 11) is 0. The molecule has 4 nitrogen and oxygen atoms in total. The zero-order valence-electron chi connectivity index (χ0n) is 10.9. The lowest BCUT2D eigenvalue weighted by atomic mass is 10.1. The van der Waals surface area contributed by atoms with Crippen LogP contribution in [0.4, 0.5) is 5.69 Å². The number of carbonyl (C=O) groups is 1. The first-order valence-corrected chi connectivity index (χ1v) is 6.03. The number of rotatable bonds is 3. The van der Waals surface area contributed by atoms with Crippen LogP contribution in [0, 0.1) is 13.8 Å². The fourth-order valence-electron chi connectivity index (χ4n) is 1.73. The van der Waals surface area contributed by atoms with Crippen molar-refractivity contribution in [1.82, 2.24) is 9.78 Å². The molecule has 0 radical (unpaired) electrons. The average Bonchev–Trinajstić information content (AvgIpc) is 2.83. The number of aryl methyl sites for hydroxylation is 2. The van der Waals surface area contributed by atoms with E-state index >= 15 is 0 Å². The Bertz CT molecular complexity index is 572. The second-order valence-electron chi connectivity index (χ2n) is 4.26. The number of anilines is 1. The highest BCUT2D eigenvalue weighted by atomic mass is 16.1. The smallest absolute Gasteiger partial charge is 0.276 e. The molecule has 0 aliphatic heterocycles. The Morgan fingerprint density at radius 2 is 2.11 bits per heavy atom. The minimum atomic E-state index is -0.170. The minimum Gasteiger partial charge on any atom is -0.320 e. The Morgan fingerprint density at radius 1 is 1.33 bits per heavy atom. The third kappa shape index (κ3) is 2.42. The minimum absolute atomic E-state index is 0.170. The van der Waals surface area contributed by atoms with Crippen LogP contribution in [0.25, 0.3) is 0 Å². The molecule has 1 aromatic heterocycles. The normalized spacial score (nSPS) is 10.4. The van der Waals surface area contributed by atoms with Gasteiger partial charge in [-0.25, -0.2) is 0 Å². The third-order valence-electron chi connectivity index (χ3n) is 3.05. The molecule has 0 fully saturated rings.